The van der Waals surface area contributed by atoms with Crippen LogP contribution in [0.5, 0.6) is 0 Å². The van der Waals surface area contributed by atoms with Gasteiger partial charge in [0.05, 0.1) is 18.8 Å². The molecule has 0 aliphatic heterocycles. The molecule has 4 unspecified atom stereocenters. The van der Waals surface area contributed by atoms with Crippen molar-refractivity contribution in [2.45, 2.75) is 62.7 Å². The summed E-state index contributed by atoms with van der Waals surface area (Å²) < 4.78 is 0. The van der Waals surface area contributed by atoms with Gasteiger partial charge in [0, 0.05) is 18.3 Å². The lowest BCUT2D eigenvalue weighted by Crippen LogP contribution is -2.57. The number of aromatic nitrogens is 2. The molecule has 1 aromatic heterocycles. The maximum absolute atomic E-state index is 13.1. The Morgan fingerprint density at radius 2 is 1.64 bits per heavy atom. The van der Waals surface area contributed by atoms with Crippen molar-refractivity contribution in [1.82, 2.24) is 25.9 Å². The molecule has 0 aromatic carbocycles. The molecule has 0 saturated carbocycles. The number of imidazole rings is 1. The van der Waals surface area contributed by atoms with Crippen molar-refractivity contribution in [1.29, 1.82) is 0 Å². The Morgan fingerprint density at radius 3 is 2.19 bits per heavy atom. The Hall–Kier alpha value is -3.17. The minimum atomic E-state index is -1.37. The van der Waals surface area contributed by atoms with E-state index in [1.54, 1.807) is 0 Å². The third-order valence-corrected chi connectivity index (χ3v) is 5.79. The SMILES string of the molecule is CSCCC(NC(=O)C(Cc1cnc[nH]1)NC(=O)C(CCCCN)NC(=O)C(N)CC(=O)O)C(=O)O. The van der Waals surface area contributed by atoms with Crippen LogP contribution in [0.2, 0.25) is 0 Å². The Bertz CT molecular complexity index is 869. The predicted octanol–water partition coefficient (Wildman–Crippen LogP) is -1.82. The summed E-state index contributed by atoms with van der Waals surface area (Å²) in [6.07, 6.45) is 5.40. The number of aliphatic carboxylic acids is 2. The molecule has 0 bridgehead atoms. The number of hydrogen-bond donors (Lipinski definition) is 8. The third kappa shape index (κ3) is 11.5. The molecule has 0 spiro atoms. The molecule has 1 aromatic rings. The highest BCUT2D eigenvalue weighted by Gasteiger charge is 2.30. The van der Waals surface area contributed by atoms with Crippen LogP contribution in [0.15, 0.2) is 12.5 Å². The van der Waals surface area contributed by atoms with E-state index in [1.165, 1.54) is 24.3 Å². The first-order valence-corrected chi connectivity index (χ1v) is 12.8. The maximum Gasteiger partial charge on any atom is 0.326 e. The Labute approximate surface area is 212 Å². The van der Waals surface area contributed by atoms with Crippen LogP contribution >= 0.6 is 11.8 Å². The summed E-state index contributed by atoms with van der Waals surface area (Å²) in [7, 11) is 0. The Kier molecular flexibility index (Phi) is 14.1. The van der Waals surface area contributed by atoms with E-state index in [2.05, 4.69) is 25.9 Å². The van der Waals surface area contributed by atoms with Gasteiger partial charge in [-0.3, -0.25) is 19.2 Å². The van der Waals surface area contributed by atoms with E-state index in [9.17, 15) is 29.1 Å². The molecule has 3 amide bonds. The quantitative estimate of drug-likeness (QED) is 0.0983. The number of carbonyl (C=O) groups is 5. The lowest BCUT2D eigenvalue weighted by atomic mass is 10.0. The average molecular weight is 530 g/mol. The molecular weight excluding hydrogens is 494 g/mol. The van der Waals surface area contributed by atoms with Gasteiger partial charge in [-0.1, -0.05) is 0 Å². The molecular formula is C21H35N7O7S. The Balaban J connectivity index is 3.04. The van der Waals surface area contributed by atoms with Gasteiger partial charge in [0.1, 0.15) is 18.1 Å². The normalized spacial score (nSPS) is 14.2. The molecule has 14 nitrogen and oxygen atoms in total. The number of rotatable bonds is 18. The van der Waals surface area contributed by atoms with Crippen molar-refractivity contribution in [3.05, 3.63) is 18.2 Å². The van der Waals surface area contributed by atoms with Crippen LogP contribution in [0.3, 0.4) is 0 Å². The number of hydrogen-bond acceptors (Lipinski definition) is 9. The van der Waals surface area contributed by atoms with Crippen LogP contribution in [-0.2, 0) is 30.4 Å². The highest BCUT2D eigenvalue weighted by Crippen LogP contribution is 2.07. The summed E-state index contributed by atoms with van der Waals surface area (Å²) in [5.41, 5.74) is 11.6. The molecule has 0 fully saturated rings. The second-order valence-electron chi connectivity index (χ2n) is 8.07. The molecule has 4 atom stereocenters. The molecule has 1 heterocycles. The maximum atomic E-state index is 13.1. The smallest absolute Gasteiger partial charge is 0.326 e. The first-order valence-electron chi connectivity index (χ1n) is 11.4. The van der Waals surface area contributed by atoms with Crippen LogP contribution in [0.4, 0.5) is 0 Å². The van der Waals surface area contributed by atoms with Crippen LogP contribution in [-0.4, -0.2) is 92.6 Å². The fraction of sp³-hybridized carbons (Fsp3) is 0.619. The highest BCUT2D eigenvalue weighted by molar-refractivity contribution is 7.98. The van der Waals surface area contributed by atoms with E-state index in [4.69, 9.17) is 16.6 Å². The number of nitrogens with two attached hydrogens (primary N) is 2. The summed E-state index contributed by atoms with van der Waals surface area (Å²) in [6, 6.07) is -4.83. The van der Waals surface area contributed by atoms with Crippen LogP contribution in [0.1, 0.15) is 37.8 Å². The van der Waals surface area contributed by atoms with Gasteiger partial charge in [-0.25, -0.2) is 9.78 Å². The van der Waals surface area contributed by atoms with E-state index in [0.717, 1.165) is 0 Å². The van der Waals surface area contributed by atoms with Gasteiger partial charge in [-0.2, -0.15) is 11.8 Å². The summed E-state index contributed by atoms with van der Waals surface area (Å²) in [5, 5.41) is 25.8. The first-order chi connectivity index (χ1) is 17.1. The molecule has 0 radical (unpaired) electrons. The molecule has 0 saturated heterocycles. The summed E-state index contributed by atoms with van der Waals surface area (Å²) in [4.78, 5) is 67.6. The summed E-state index contributed by atoms with van der Waals surface area (Å²) in [6.45, 7) is 0.359. The Morgan fingerprint density at radius 1 is 1.00 bits per heavy atom. The molecule has 15 heteroatoms. The number of carbonyl (C=O) groups excluding carboxylic acids is 3. The van der Waals surface area contributed by atoms with Crippen LogP contribution < -0.4 is 27.4 Å². The fourth-order valence-corrected chi connectivity index (χ4v) is 3.66. The van der Waals surface area contributed by atoms with E-state index in [0.29, 0.717) is 30.8 Å². The number of carboxylic acid groups (broad SMARTS) is 2. The lowest BCUT2D eigenvalue weighted by molar-refractivity contribution is -0.142. The fourth-order valence-electron chi connectivity index (χ4n) is 3.18. The first kappa shape index (κ1) is 30.9. The van der Waals surface area contributed by atoms with Crippen molar-refractivity contribution < 1.29 is 34.2 Å². The topological polar surface area (TPSA) is 243 Å². The van der Waals surface area contributed by atoms with Gasteiger partial charge in [0.2, 0.25) is 17.7 Å². The third-order valence-electron chi connectivity index (χ3n) is 5.15. The number of carboxylic acids is 2. The van der Waals surface area contributed by atoms with Crippen molar-refractivity contribution in [3.8, 4) is 0 Å². The number of nitrogens with zero attached hydrogens (tertiary/aromatic N) is 1. The molecule has 0 aliphatic rings. The van der Waals surface area contributed by atoms with Gasteiger partial charge in [0.15, 0.2) is 0 Å². The minimum Gasteiger partial charge on any atom is -0.481 e. The molecule has 10 N–H and O–H groups in total. The monoisotopic (exact) mass is 529 g/mol. The van der Waals surface area contributed by atoms with Gasteiger partial charge in [-0.15, -0.1) is 0 Å². The lowest BCUT2D eigenvalue weighted by Gasteiger charge is -2.25. The highest BCUT2D eigenvalue weighted by atomic mass is 32.2. The number of aromatic amines is 1. The number of nitrogens with one attached hydrogen (secondary N) is 4. The van der Waals surface area contributed by atoms with Crippen molar-refractivity contribution in [2.24, 2.45) is 11.5 Å². The van der Waals surface area contributed by atoms with Gasteiger partial charge in [-0.05, 0) is 44.2 Å². The van der Waals surface area contributed by atoms with E-state index >= 15 is 0 Å². The number of unbranched alkanes of at least 4 members (excludes halogenated alkanes) is 1. The summed E-state index contributed by atoms with van der Waals surface area (Å²) >= 11 is 1.43. The summed E-state index contributed by atoms with van der Waals surface area (Å²) in [5.74, 6) is -4.24. The van der Waals surface area contributed by atoms with Crippen molar-refractivity contribution in [3.63, 3.8) is 0 Å². The second-order valence-corrected chi connectivity index (χ2v) is 9.06. The molecule has 1 rings (SSSR count). The van der Waals surface area contributed by atoms with Crippen LogP contribution in [0.25, 0.3) is 0 Å². The zero-order valence-corrected chi connectivity index (χ0v) is 20.9. The van der Waals surface area contributed by atoms with Crippen molar-refractivity contribution in [2.75, 3.05) is 18.6 Å². The van der Waals surface area contributed by atoms with E-state index < -0.39 is 60.2 Å². The number of amides is 3. The number of thioether (sulfide) groups is 1. The van der Waals surface area contributed by atoms with E-state index in [-0.39, 0.29) is 19.3 Å². The minimum absolute atomic E-state index is 0.0194. The average Bonchev–Trinajstić information content (AvgIpc) is 3.33. The van der Waals surface area contributed by atoms with Gasteiger partial charge < -0.3 is 42.6 Å². The zero-order chi connectivity index (χ0) is 27.1. The predicted molar refractivity (Wildman–Crippen MR) is 132 cm³/mol. The standard InChI is InChI=1S/C21H35N7O7S/c1-36-7-5-15(21(34)35)27-20(33)16(8-12-10-24-11-25-12)28-19(32)14(4-2-3-6-22)26-18(31)13(23)9-17(29)30/h10-11,13-16H,2-9,22-23H2,1H3,(H,24,25)(H,26,31)(H,27,33)(H,28,32)(H,29,30)(H,34,35). The molecule has 202 valence electrons. The number of H-pyrrole nitrogens is 1. The van der Waals surface area contributed by atoms with Gasteiger partial charge in [0.25, 0.3) is 0 Å². The second kappa shape index (κ2) is 16.5. The van der Waals surface area contributed by atoms with Gasteiger partial charge >= 0.3 is 11.9 Å². The van der Waals surface area contributed by atoms with Crippen LogP contribution in [0, 0.1) is 0 Å². The van der Waals surface area contributed by atoms with E-state index in [1.807, 2.05) is 6.26 Å². The molecule has 0 aliphatic carbocycles. The largest absolute Gasteiger partial charge is 0.481 e. The van der Waals surface area contributed by atoms with Crippen molar-refractivity contribution >= 4 is 41.4 Å². The zero-order valence-electron chi connectivity index (χ0n) is 20.1. The molecule has 36 heavy (non-hydrogen) atoms.